The molecule has 5 nitrogen and oxygen atoms in total. The zero-order chi connectivity index (χ0) is 14.2. The minimum Gasteiger partial charge on any atom is -0.504 e. The summed E-state index contributed by atoms with van der Waals surface area (Å²) in [5.74, 6) is -3.54. The normalized spacial score (nSPS) is 18.6. The zero-order valence-corrected chi connectivity index (χ0v) is 7.03. The molecule has 0 amide bonds. The van der Waals surface area contributed by atoms with Crippen molar-refractivity contribution in [2.45, 2.75) is 12.4 Å². The minimum atomic E-state index is -2.48. The fraction of sp³-hybridized carbons (Fsp3) is 0.222. The van der Waals surface area contributed by atoms with Crippen LogP contribution in [0.25, 0.3) is 0 Å². The highest BCUT2D eigenvalue weighted by Gasteiger charge is 2.12. The number of phenols is 2. The molecule has 0 saturated heterocycles. The van der Waals surface area contributed by atoms with Crippen molar-refractivity contribution in [3.8, 4) is 11.5 Å². The second-order valence-corrected chi connectivity index (χ2v) is 2.56. The molecule has 0 aliphatic rings. The molecule has 0 aromatic heterocycles. The van der Waals surface area contributed by atoms with E-state index in [9.17, 15) is 15.0 Å². The Bertz CT molecular complexity index is 489. The van der Waals surface area contributed by atoms with Gasteiger partial charge in [-0.2, -0.15) is 0 Å². The first-order chi connectivity index (χ1) is 8.09. The maximum atomic E-state index is 10.7. The maximum absolute atomic E-state index is 10.7. The van der Waals surface area contributed by atoms with E-state index < -0.39 is 48.0 Å². The first-order valence-electron chi connectivity index (χ1n) is 5.62. The summed E-state index contributed by atoms with van der Waals surface area (Å²) in [6.07, 6.45) is -0.736. The Labute approximate surface area is 86.0 Å². The Morgan fingerprint density at radius 2 is 2.21 bits per heavy atom. The van der Waals surface area contributed by atoms with Gasteiger partial charge in [0.15, 0.2) is 11.5 Å². The lowest BCUT2D eigenvalue weighted by Crippen LogP contribution is -2.32. The molecule has 5 N–H and O–H groups in total. The molecule has 0 heterocycles. The number of rotatable bonds is 3. The van der Waals surface area contributed by atoms with E-state index in [-0.39, 0.29) is 5.56 Å². The van der Waals surface area contributed by atoms with Crippen LogP contribution >= 0.6 is 0 Å². The summed E-state index contributed by atoms with van der Waals surface area (Å²) < 4.78 is 29.6. The number of hydrogen-bond donors (Lipinski definition) is 4. The molecule has 1 atom stereocenters. The zero-order valence-electron chi connectivity index (χ0n) is 11.0. The van der Waals surface area contributed by atoms with Gasteiger partial charge in [0, 0.05) is 0 Å². The van der Waals surface area contributed by atoms with Gasteiger partial charge in [-0.15, -0.1) is 0 Å². The molecule has 5 heteroatoms. The van der Waals surface area contributed by atoms with Crippen molar-refractivity contribution in [3.63, 3.8) is 0 Å². The minimum absolute atomic E-state index is 0.379. The van der Waals surface area contributed by atoms with Gasteiger partial charge in [0.05, 0.1) is 5.48 Å². The summed E-state index contributed by atoms with van der Waals surface area (Å²) in [5, 5.41) is 27.2. The Balaban J connectivity index is 3.39. The van der Waals surface area contributed by atoms with E-state index in [2.05, 4.69) is 0 Å². The van der Waals surface area contributed by atoms with Crippen molar-refractivity contribution in [1.29, 1.82) is 0 Å². The van der Waals surface area contributed by atoms with Crippen LogP contribution in [-0.2, 0) is 11.2 Å². The van der Waals surface area contributed by atoms with Crippen LogP contribution in [-0.4, -0.2) is 27.3 Å². The Morgan fingerprint density at radius 1 is 1.57 bits per heavy atom. The van der Waals surface area contributed by atoms with Gasteiger partial charge < -0.3 is 21.1 Å². The molecule has 0 bridgehead atoms. The number of carbonyl (C=O) groups is 1. The van der Waals surface area contributed by atoms with Gasteiger partial charge in [0.1, 0.15) is 6.02 Å². The summed E-state index contributed by atoms with van der Waals surface area (Å²) >= 11 is 0. The lowest BCUT2D eigenvalue weighted by atomic mass is 10.1. The molecule has 0 fully saturated rings. The van der Waals surface area contributed by atoms with Crippen molar-refractivity contribution in [2.24, 2.45) is 5.73 Å². The van der Waals surface area contributed by atoms with Gasteiger partial charge in [-0.3, -0.25) is 4.79 Å². The lowest BCUT2D eigenvalue weighted by molar-refractivity contribution is -0.138. The Morgan fingerprint density at radius 3 is 2.79 bits per heavy atom. The molecule has 0 radical (unpaired) electrons. The number of phenolic OH excluding ortho intramolecular Hbond substituents is 2. The fourth-order valence-corrected chi connectivity index (χ4v) is 0.782. The first kappa shape index (κ1) is 5.87. The third-order valence-electron chi connectivity index (χ3n) is 1.47. The summed E-state index contributed by atoms with van der Waals surface area (Å²) in [5.41, 5.74) is 4.78. The van der Waals surface area contributed by atoms with Crippen LogP contribution in [0.3, 0.4) is 0 Å². The fourth-order valence-electron chi connectivity index (χ4n) is 0.782. The van der Waals surface area contributed by atoms with Crippen LogP contribution in [0.1, 0.15) is 11.0 Å². The van der Waals surface area contributed by atoms with Gasteiger partial charge in [0.25, 0.3) is 0 Å². The van der Waals surface area contributed by atoms with Crippen LogP contribution in [0, 0.1) is 0 Å². The highest BCUT2D eigenvalue weighted by molar-refractivity contribution is 5.73. The van der Waals surface area contributed by atoms with Crippen molar-refractivity contribution < 1.29 is 25.6 Å². The number of benzene rings is 1. The SMILES string of the molecule is [2H]c1c([2H])c(C[C@@]([2H])(N)C(=O)O)c([2H])c(O)c1O. The van der Waals surface area contributed by atoms with Crippen molar-refractivity contribution >= 4 is 5.97 Å². The van der Waals surface area contributed by atoms with Crippen LogP contribution in [0.5, 0.6) is 11.5 Å². The third kappa shape index (κ3) is 2.37. The quantitative estimate of drug-likeness (QED) is 0.517. The number of nitrogens with two attached hydrogens (primary N) is 1. The highest BCUT2D eigenvalue weighted by atomic mass is 16.4. The van der Waals surface area contributed by atoms with Crippen LogP contribution in [0.15, 0.2) is 18.1 Å². The monoisotopic (exact) mass is 201 g/mol. The molecule has 0 spiro atoms. The number of hydrogen-bond acceptors (Lipinski definition) is 4. The van der Waals surface area contributed by atoms with Gasteiger partial charge in [-0.25, -0.2) is 0 Å². The molecule has 0 aliphatic heterocycles. The number of aliphatic carboxylic acids is 1. The average Bonchev–Trinajstić information content (AvgIpc) is 2.29. The molecule has 1 aromatic rings. The van der Waals surface area contributed by atoms with Gasteiger partial charge in [0.2, 0.25) is 0 Å². The van der Waals surface area contributed by atoms with Crippen LogP contribution < -0.4 is 5.73 Å². The average molecular weight is 201 g/mol. The van der Waals surface area contributed by atoms with E-state index in [4.69, 9.17) is 16.3 Å². The van der Waals surface area contributed by atoms with E-state index in [0.717, 1.165) is 0 Å². The van der Waals surface area contributed by atoms with Gasteiger partial charge in [-0.1, -0.05) is 6.04 Å². The van der Waals surface area contributed by atoms with Crippen LogP contribution in [0.2, 0.25) is 0 Å². The van der Waals surface area contributed by atoms with E-state index in [0.29, 0.717) is 0 Å². The predicted octanol–water partition coefficient (Wildman–Crippen LogP) is 0.0522. The molecule has 14 heavy (non-hydrogen) atoms. The largest absolute Gasteiger partial charge is 0.504 e. The van der Waals surface area contributed by atoms with Crippen molar-refractivity contribution in [1.82, 2.24) is 0 Å². The Hall–Kier alpha value is -1.75. The second-order valence-electron chi connectivity index (χ2n) is 2.56. The van der Waals surface area contributed by atoms with Gasteiger partial charge in [-0.05, 0) is 24.1 Å². The molecular weight excluding hydrogens is 186 g/mol. The number of aromatic hydroxyl groups is 2. The molecule has 1 aromatic carbocycles. The maximum Gasteiger partial charge on any atom is 0.320 e. The highest BCUT2D eigenvalue weighted by Crippen LogP contribution is 2.25. The van der Waals surface area contributed by atoms with E-state index >= 15 is 0 Å². The van der Waals surface area contributed by atoms with E-state index in [1.165, 1.54) is 0 Å². The summed E-state index contributed by atoms with van der Waals surface area (Å²) in [6.45, 7) is 0. The standard InChI is InChI=1S/C9H11NO4/c10-6(9(13)14)3-5-1-2-7(11)8(12)4-5/h1-2,4,6,11-12H,3,10H2,(H,13,14)/t6-/m1/s1/i1D,2D,4D,6D. The number of carboxylic acids is 1. The predicted molar refractivity (Wildman–Crippen MR) is 49.1 cm³/mol. The molecule has 1 rings (SSSR count). The third-order valence-corrected chi connectivity index (χ3v) is 1.47. The molecule has 76 valence electrons. The van der Waals surface area contributed by atoms with Crippen molar-refractivity contribution in [2.75, 3.05) is 0 Å². The Kier molecular flexibility index (Phi) is 1.67. The summed E-state index contributed by atoms with van der Waals surface area (Å²) in [4.78, 5) is 10.7. The summed E-state index contributed by atoms with van der Waals surface area (Å²) in [6, 6.07) is -4.59. The lowest BCUT2D eigenvalue weighted by Gasteiger charge is -2.06. The smallest absolute Gasteiger partial charge is 0.320 e. The second kappa shape index (κ2) is 3.97. The van der Waals surface area contributed by atoms with E-state index in [1.807, 2.05) is 0 Å². The van der Waals surface area contributed by atoms with Crippen molar-refractivity contribution in [3.05, 3.63) is 23.7 Å². The first-order valence-corrected chi connectivity index (χ1v) is 3.62. The molecule has 0 saturated carbocycles. The molecule has 0 unspecified atom stereocenters. The van der Waals surface area contributed by atoms with Gasteiger partial charge >= 0.3 is 5.97 Å². The van der Waals surface area contributed by atoms with Crippen LogP contribution in [0.4, 0.5) is 0 Å². The molecular formula is C9H11NO4. The molecule has 0 aliphatic carbocycles. The topological polar surface area (TPSA) is 104 Å². The van der Waals surface area contributed by atoms with E-state index in [1.54, 1.807) is 0 Å². The number of carboxylic acid groups (broad SMARTS) is 1. The summed E-state index contributed by atoms with van der Waals surface area (Å²) in [7, 11) is 0.